The summed E-state index contributed by atoms with van der Waals surface area (Å²) in [6.45, 7) is 6.55. The van der Waals surface area contributed by atoms with Gasteiger partial charge in [0.2, 0.25) is 0 Å². The summed E-state index contributed by atoms with van der Waals surface area (Å²) in [7, 11) is 0. The lowest BCUT2D eigenvalue weighted by Gasteiger charge is -2.13. The summed E-state index contributed by atoms with van der Waals surface area (Å²) in [6, 6.07) is 6.51. The zero-order chi connectivity index (χ0) is 12.4. The number of aryl methyl sites for hydroxylation is 1. The van der Waals surface area contributed by atoms with Gasteiger partial charge in [-0.2, -0.15) is 0 Å². The molecule has 0 atom stereocenters. The molecule has 0 saturated heterocycles. The first-order valence-corrected chi connectivity index (χ1v) is 6.70. The van der Waals surface area contributed by atoms with Gasteiger partial charge in [0.05, 0.1) is 0 Å². The average Bonchev–Trinajstić information content (AvgIpc) is 2.45. The number of benzene rings is 1. The van der Waals surface area contributed by atoms with Crippen molar-refractivity contribution in [1.29, 1.82) is 0 Å². The van der Waals surface area contributed by atoms with Gasteiger partial charge in [0.1, 0.15) is 0 Å². The molecule has 1 aliphatic rings. The summed E-state index contributed by atoms with van der Waals surface area (Å²) < 4.78 is 1.17. The molecule has 0 aliphatic heterocycles. The Balaban J connectivity index is 2.59. The Morgan fingerprint density at radius 1 is 1.06 bits per heavy atom. The van der Waals surface area contributed by atoms with Crippen molar-refractivity contribution in [2.45, 2.75) is 27.2 Å². The summed E-state index contributed by atoms with van der Waals surface area (Å²) in [5, 5.41) is 0. The molecule has 0 N–H and O–H groups in total. The highest BCUT2D eigenvalue weighted by Crippen LogP contribution is 2.31. The van der Waals surface area contributed by atoms with Crippen molar-refractivity contribution >= 4 is 21.5 Å². The monoisotopic (exact) mass is 288 g/mol. The number of allylic oxidation sites excluding steroid dienone is 6. The molecule has 0 saturated carbocycles. The van der Waals surface area contributed by atoms with Crippen molar-refractivity contribution in [3.8, 4) is 0 Å². The zero-order valence-electron chi connectivity index (χ0n) is 10.5. The van der Waals surface area contributed by atoms with Crippen molar-refractivity contribution in [3.05, 3.63) is 63.2 Å². The highest BCUT2D eigenvalue weighted by molar-refractivity contribution is 9.11. The number of halogens is 1. The van der Waals surface area contributed by atoms with Gasteiger partial charge in [-0.1, -0.05) is 46.3 Å². The van der Waals surface area contributed by atoms with Crippen LogP contribution in [-0.4, -0.2) is 0 Å². The van der Waals surface area contributed by atoms with Gasteiger partial charge in [0.25, 0.3) is 0 Å². The van der Waals surface area contributed by atoms with Crippen molar-refractivity contribution in [1.82, 2.24) is 0 Å². The fourth-order valence-electron chi connectivity index (χ4n) is 2.10. The number of hydrogen-bond donors (Lipinski definition) is 0. The Morgan fingerprint density at radius 2 is 1.82 bits per heavy atom. The second-order valence-electron chi connectivity index (χ2n) is 4.52. The van der Waals surface area contributed by atoms with Crippen LogP contribution in [0.15, 0.2) is 46.5 Å². The van der Waals surface area contributed by atoms with E-state index < -0.39 is 0 Å². The molecule has 17 heavy (non-hydrogen) atoms. The molecule has 0 heterocycles. The fraction of sp³-hybridized carbons (Fsp3) is 0.250. The molecule has 0 unspecified atom stereocenters. The summed E-state index contributed by atoms with van der Waals surface area (Å²) in [6.07, 6.45) is 7.70. The molecular formula is C16H17Br. The van der Waals surface area contributed by atoms with E-state index in [1.54, 1.807) is 0 Å². The van der Waals surface area contributed by atoms with E-state index in [0.717, 1.165) is 6.42 Å². The van der Waals surface area contributed by atoms with Crippen molar-refractivity contribution in [3.63, 3.8) is 0 Å². The van der Waals surface area contributed by atoms with E-state index in [1.165, 1.54) is 32.3 Å². The van der Waals surface area contributed by atoms with Crippen LogP contribution in [0, 0.1) is 13.8 Å². The number of rotatable bonds is 1. The lowest BCUT2D eigenvalue weighted by Crippen LogP contribution is -1.93. The average molecular weight is 289 g/mol. The van der Waals surface area contributed by atoms with Crippen LogP contribution >= 0.6 is 15.9 Å². The minimum atomic E-state index is 0.997. The normalized spacial score (nSPS) is 15.9. The molecule has 0 aromatic heterocycles. The van der Waals surface area contributed by atoms with Gasteiger partial charge in [-0.15, -0.1) is 0 Å². The highest BCUT2D eigenvalue weighted by atomic mass is 79.9. The molecule has 1 heteroatoms. The molecule has 88 valence electrons. The summed E-state index contributed by atoms with van der Waals surface area (Å²) >= 11 is 3.60. The lowest BCUT2D eigenvalue weighted by molar-refractivity contribution is 1.30. The maximum atomic E-state index is 3.60. The van der Waals surface area contributed by atoms with Gasteiger partial charge >= 0.3 is 0 Å². The molecule has 1 aliphatic carbocycles. The molecule has 0 bridgehead atoms. The molecule has 0 fully saturated rings. The van der Waals surface area contributed by atoms with E-state index in [0.29, 0.717) is 0 Å². The first kappa shape index (κ1) is 12.4. The summed E-state index contributed by atoms with van der Waals surface area (Å²) in [5.41, 5.74) is 6.73. The lowest BCUT2D eigenvalue weighted by atomic mass is 9.92. The predicted molar refractivity (Wildman–Crippen MR) is 79.3 cm³/mol. The minimum Gasteiger partial charge on any atom is -0.0771 e. The zero-order valence-corrected chi connectivity index (χ0v) is 12.1. The highest BCUT2D eigenvalue weighted by Gasteiger charge is 2.10. The summed E-state index contributed by atoms with van der Waals surface area (Å²) in [4.78, 5) is 0. The van der Waals surface area contributed by atoms with Gasteiger partial charge in [0.15, 0.2) is 0 Å². The first-order chi connectivity index (χ1) is 8.09. The standard InChI is InChI=1S/C16H17Br/c1-11-6-5-9-15(13(11)3)16-10-14(17)8-4-7-12(16)2/h5-10H,4H2,1-3H3. The molecule has 0 amide bonds. The fourth-order valence-corrected chi connectivity index (χ4v) is 2.52. The Labute approximate surface area is 112 Å². The van der Waals surface area contributed by atoms with E-state index in [4.69, 9.17) is 0 Å². The quantitative estimate of drug-likeness (QED) is 0.656. The van der Waals surface area contributed by atoms with Gasteiger partial charge in [-0.3, -0.25) is 0 Å². The Kier molecular flexibility index (Phi) is 3.68. The second-order valence-corrected chi connectivity index (χ2v) is 5.43. The second kappa shape index (κ2) is 5.05. The van der Waals surface area contributed by atoms with Crippen molar-refractivity contribution in [2.24, 2.45) is 0 Å². The minimum absolute atomic E-state index is 0.997. The maximum absolute atomic E-state index is 3.60. The topological polar surface area (TPSA) is 0 Å². The van der Waals surface area contributed by atoms with E-state index in [1.807, 2.05) is 0 Å². The van der Waals surface area contributed by atoms with Crippen molar-refractivity contribution in [2.75, 3.05) is 0 Å². The third kappa shape index (κ3) is 2.61. The molecule has 0 spiro atoms. The van der Waals surface area contributed by atoms with E-state index in [9.17, 15) is 0 Å². The van der Waals surface area contributed by atoms with Crippen LogP contribution in [-0.2, 0) is 0 Å². The summed E-state index contributed by atoms with van der Waals surface area (Å²) in [5.74, 6) is 0. The first-order valence-electron chi connectivity index (χ1n) is 5.90. The van der Waals surface area contributed by atoms with Crippen LogP contribution in [0.2, 0.25) is 0 Å². The molecular weight excluding hydrogens is 272 g/mol. The maximum Gasteiger partial charge on any atom is 0.0144 e. The SMILES string of the molecule is CC1=CCC=C(Br)C=C1c1cccc(C)c1C. The Bertz CT molecular complexity index is 530. The molecule has 1 aromatic carbocycles. The predicted octanol–water partition coefficient (Wildman–Crippen LogP) is 5.32. The van der Waals surface area contributed by atoms with E-state index in [2.05, 4.69) is 73.1 Å². The largest absolute Gasteiger partial charge is 0.0771 e. The number of hydrogen-bond acceptors (Lipinski definition) is 0. The third-order valence-electron chi connectivity index (χ3n) is 3.34. The van der Waals surface area contributed by atoms with Crippen LogP contribution in [0.25, 0.3) is 5.57 Å². The van der Waals surface area contributed by atoms with E-state index >= 15 is 0 Å². The van der Waals surface area contributed by atoms with Crippen LogP contribution < -0.4 is 0 Å². The Hall–Kier alpha value is -1.08. The van der Waals surface area contributed by atoms with Gasteiger partial charge in [-0.25, -0.2) is 0 Å². The van der Waals surface area contributed by atoms with Gasteiger partial charge in [-0.05, 0) is 61.1 Å². The molecule has 0 nitrogen and oxygen atoms in total. The van der Waals surface area contributed by atoms with Crippen molar-refractivity contribution < 1.29 is 0 Å². The van der Waals surface area contributed by atoms with Gasteiger partial charge in [0, 0.05) is 4.48 Å². The molecule has 0 radical (unpaired) electrons. The van der Waals surface area contributed by atoms with Crippen LogP contribution in [0.5, 0.6) is 0 Å². The van der Waals surface area contributed by atoms with Crippen LogP contribution in [0.4, 0.5) is 0 Å². The smallest absolute Gasteiger partial charge is 0.0144 e. The Morgan fingerprint density at radius 3 is 2.59 bits per heavy atom. The van der Waals surface area contributed by atoms with E-state index in [-0.39, 0.29) is 0 Å². The van der Waals surface area contributed by atoms with Crippen LogP contribution in [0.3, 0.4) is 0 Å². The van der Waals surface area contributed by atoms with Crippen LogP contribution in [0.1, 0.15) is 30.0 Å². The molecule has 2 rings (SSSR count). The van der Waals surface area contributed by atoms with Gasteiger partial charge < -0.3 is 0 Å². The third-order valence-corrected chi connectivity index (χ3v) is 3.89. The molecule has 1 aromatic rings.